The molecule has 0 radical (unpaired) electrons. The van der Waals surface area contributed by atoms with E-state index in [-0.39, 0.29) is 52.6 Å². The quantitative estimate of drug-likeness (QED) is 0.0927. The van der Waals surface area contributed by atoms with Gasteiger partial charge in [-0.05, 0) is 110 Å². The van der Waals surface area contributed by atoms with Crippen LogP contribution in [0.4, 0.5) is 0 Å². The summed E-state index contributed by atoms with van der Waals surface area (Å²) >= 11 is 0. The Labute approximate surface area is 372 Å². The summed E-state index contributed by atoms with van der Waals surface area (Å²) in [6, 6.07) is 7.28. The molecule has 0 spiro atoms. The molecule has 1 aromatic carbocycles. The van der Waals surface area contributed by atoms with Gasteiger partial charge in [-0.15, -0.1) is 0 Å². The van der Waals surface area contributed by atoms with Gasteiger partial charge in [0.15, 0.2) is 32.8 Å². The molecular weight excluding hydrogens is 825 g/mol. The van der Waals surface area contributed by atoms with Crippen molar-refractivity contribution >= 4 is 26.5 Å². The van der Waals surface area contributed by atoms with E-state index in [0.29, 0.717) is 37.6 Å². The number of hydrogen-bond acceptors (Lipinski definition) is 10. The number of aryl methyl sites for hydroxylation is 1. The van der Waals surface area contributed by atoms with Crippen molar-refractivity contribution in [2.75, 3.05) is 32.7 Å². The highest BCUT2D eigenvalue weighted by Crippen LogP contribution is 2.43. The Morgan fingerprint density at radius 1 is 0.803 bits per heavy atom. The molecule has 4 aliphatic rings. The van der Waals surface area contributed by atoms with E-state index in [1.54, 1.807) is 19.2 Å². The SMILES string of the molecule is C=C1C[C@H](CCC2OCCO2)O[C@H]1CC[C@H]1CCC(=C)[C@@H](C[C@@H]2O[C@H](C[C@@H](CO[Si](C)(C)C(C)(C)C)O[Si](C)(C)C(C)(C)C)[C@@H](OC)[C@H]2CS(=O)(=O)c2ccc(CC)cc2)O1. The molecule has 61 heavy (non-hydrogen) atoms. The smallest absolute Gasteiger partial charge is 0.192 e. The molecule has 10 nitrogen and oxygen atoms in total. The minimum Gasteiger partial charge on any atom is -0.414 e. The Hall–Kier alpha value is -1.24. The van der Waals surface area contributed by atoms with E-state index in [1.165, 1.54) is 0 Å². The zero-order valence-corrected chi connectivity index (χ0v) is 42.7. The maximum Gasteiger partial charge on any atom is 0.192 e. The second kappa shape index (κ2) is 20.9. The van der Waals surface area contributed by atoms with Crippen LogP contribution in [0.3, 0.4) is 0 Å². The molecule has 4 saturated heterocycles. The van der Waals surface area contributed by atoms with E-state index in [1.807, 2.05) is 12.1 Å². The van der Waals surface area contributed by atoms with Crippen molar-refractivity contribution in [1.29, 1.82) is 0 Å². The van der Waals surface area contributed by atoms with Crippen molar-refractivity contribution in [3.8, 4) is 0 Å². The van der Waals surface area contributed by atoms with Crippen molar-refractivity contribution < 1.29 is 45.7 Å². The van der Waals surface area contributed by atoms with E-state index in [2.05, 4.69) is 87.8 Å². The predicted octanol–water partition coefficient (Wildman–Crippen LogP) is 10.4. The monoisotopic (exact) mass is 907 g/mol. The van der Waals surface area contributed by atoms with Gasteiger partial charge in [0.2, 0.25) is 0 Å². The number of benzene rings is 1. The van der Waals surface area contributed by atoms with E-state index in [9.17, 15) is 8.42 Å². The van der Waals surface area contributed by atoms with Gasteiger partial charge in [0.1, 0.15) is 0 Å². The molecule has 0 bridgehead atoms. The van der Waals surface area contributed by atoms with Crippen LogP contribution in [0.5, 0.6) is 0 Å². The minimum absolute atomic E-state index is 0.00654. The fourth-order valence-electron chi connectivity index (χ4n) is 8.67. The number of ether oxygens (including phenoxy) is 6. The third-order valence-corrected chi connectivity index (χ3v) is 25.6. The number of hydrogen-bond donors (Lipinski definition) is 0. The summed E-state index contributed by atoms with van der Waals surface area (Å²) in [5.74, 6) is -0.541. The lowest BCUT2D eigenvalue weighted by Gasteiger charge is -2.42. The number of methoxy groups -OCH3 is 1. The zero-order chi connectivity index (χ0) is 45.0. The fourth-order valence-corrected chi connectivity index (χ4v) is 12.7. The predicted molar refractivity (Wildman–Crippen MR) is 249 cm³/mol. The molecule has 0 amide bonds. The minimum atomic E-state index is -3.70. The van der Waals surface area contributed by atoms with E-state index in [0.717, 1.165) is 68.1 Å². The van der Waals surface area contributed by atoms with E-state index >= 15 is 0 Å². The molecule has 0 aromatic heterocycles. The maximum atomic E-state index is 14.3. The average Bonchev–Trinajstić information content (AvgIpc) is 3.91. The van der Waals surface area contributed by atoms with Gasteiger partial charge in [-0.1, -0.05) is 73.8 Å². The molecule has 0 unspecified atom stereocenters. The molecule has 4 aliphatic heterocycles. The van der Waals surface area contributed by atoms with Crippen molar-refractivity contribution in [2.24, 2.45) is 5.92 Å². The first kappa shape index (κ1) is 50.8. The van der Waals surface area contributed by atoms with Crippen LogP contribution in [-0.2, 0) is 53.5 Å². The zero-order valence-electron chi connectivity index (χ0n) is 39.9. The van der Waals surface area contributed by atoms with Crippen LogP contribution >= 0.6 is 0 Å². The van der Waals surface area contributed by atoms with E-state index in [4.69, 9.17) is 37.3 Å². The lowest BCUT2D eigenvalue weighted by molar-refractivity contribution is -0.0728. The maximum absolute atomic E-state index is 14.3. The Bertz CT molecular complexity index is 1700. The molecule has 0 N–H and O–H groups in total. The van der Waals surface area contributed by atoms with Crippen LogP contribution in [0.25, 0.3) is 0 Å². The molecule has 0 saturated carbocycles. The van der Waals surface area contributed by atoms with Gasteiger partial charge >= 0.3 is 0 Å². The van der Waals surface area contributed by atoms with Crippen LogP contribution in [0, 0.1) is 5.92 Å². The molecule has 13 heteroatoms. The first-order valence-electron chi connectivity index (χ1n) is 23.1. The van der Waals surface area contributed by atoms with Gasteiger partial charge in [0, 0.05) is 32.3 Å². The summed E-state index contributed by atoms with van der Waals surface area (Å²) in [4.78, 5) is 0.320. The number of sulfone groups is 1. The topological polar surface area (TPSA) is 108 Å². The molecule has 4 fully saturated rings. The van der Waals surface area contributed by atoms with Gasteiger partial charge in [-0.3, -0.25) is 0 Å². The van der Waals surface area contributed by atoms with Gasteiger partial charge in [0.05, 0.1) is 79.3 Å². The van der Waals surface area contributed by atoms with Crippen molar-refractivity contribution in [3.63, 3.8) is 0 Å². The number of rotatable bonds is 20. The Morgan fingerprint density at radius 3 is 2.03 bits per heavy atom. The molecule has 4 heterocycles. The largest absolute Gasteiger partial charge is 0.414 e. The summed E-state index contributed by atoms with van der Waals surface area (Å²) in [5.41, 5.74) is 3.26. The van der Waals surface area contributed by atoms with Gasteiger partial charge in [-0.2, -0.15) is 0 Å². The lowest BCUT2D eigenvalue weighted by atomic mass is 9.88. The summed E-state index contributed by atoms with van der Waals surface area (Å²) in [6.07, 6.45) is 6.03. The highest BCUT2D eigenvalue weighted by molar-refractivity contribution is 7.91. The molecule has 0 aliphatic carbocycles. The average molecular weight is 907 g/mol. The van der Waals surface area contributed by atoms with Crippen LogP contribution in [0.2, 0.25) is 36.3 Å². The summed E-state index contributed by atoms with van der Waals surface area (Å²) in [5, 5.41) is 0.0220. The lowest BCUT2D eigenvalue weighted by Crippen LogP contribution is -2.49. The van der Waals surface area contributed by atoms with Crippen LogP contribution in [-0.4, -0.2) is 113 Å². The van der Waals surface area contributed by atoms with E-state index < -0.39 is 50.7 Å². The molecule has 1 aromatic rings. The second-order valence-corrected chi connectivity index (χ2v) is 32.9. The fraction of sp³-hybridized carbons (Fsp3) is 0.792. The third-order valence-electron chi connectivity index (χ3n) is 14.7. The van der Waals surface area contributed by atoms with Crippen molar-refractivity contribution in [2.45, 2.75) is 209 Å². The molecule has 9 atom stereocenters. The summed E-state index contributed by atoms with van der Waals surface area (Å²) in [7, 11) is -6.37. The van der Waals surface area contributed by atoms with Crippen LogP contribution < -0.4 is 0 Å². The summed E-state index contributed by atoms with van der Waals surface area (Å²) < 4.78 is 80.5. The molecular formula is C48H82O10SSi2. The van der Waals surface area contributed by atoms with Gasteiger partial charge in [-0.25, -0.2) is 8.42 Å². The van der Waals surface area contributed by atoms with Gasteiger partial charge < -0.3 is 37.3 Å². The van der Waals surface area contributed by atoms with Gasteiger partial charge in [0.25, 0.3) is 0 Å². The normalized spacial score (nSPS) is 29.2. The Balaban J connectivity index is 1.33. The first-order valence-corrected chi connectivity index (χ1v) is 30.6. The van der Waals surface area contributed by atoms with Crippen molar-refractivity contribution in [3.05, 3.63) is 54.1 Å². The highest BCUT2D eigenvalue weighted by atomic mass is 32.2. The van der Waals surface area contributed by atoms with Crippen LogP contribution in [0.1, 0.15) is 112 Å². The molecule has 5 rings (SSSR count). The van der Waals surface area contributed by atoms with Crippen LogP contribution in [0.15, 0.2) is 53.5 Å². The van der Waals surface area contributed by atoms with Crippen molar-refractivity contribution in [1.82, 2.24) is 0 Å². The highest BCUT2D eigenvalue weighted by Gasteiger charge is 2.50. The molecule has 348 valence electrons. The standard InChI is InChI=1S/C48H82O10SSi2/c1-15-35-17-22-39(23-18-35)59(49,50)32-40-43(57-44(46(40)51-10)29-38(58-61(13,14)48(7,8)9)31-54-60(11,12)47(4,5)6)30-42-33(2)16-19-36(55-42)20-24-41-34(3)28-37(56-41)21-25-45-52-26-27-53-45/h17-18,22-23,36-38,40-46H,2-3,15-16,19-21,24-32H2,1,4-14H3/t36-,37+,38+,40+,41+,42-,43+,44-,46+/m1/s1. The Kier molecular flexibility index (Phi) is 17.4. The summed E-state index contributed by atoms with van der Waals surface area (Å²) in [6.45, 7) is 35.3. The Morgan fingerprint density at radius 2 is 1.43 bits per heavy atom. The second-order valence-electron chi connectivity index (χ2n) is 21.3. The first-order chi connectivity index (χ1) is 28.4. The third kappa shape index (κ3) is 13.4.